The molecule has 1 saturated heterocycles. The molecule has 1 amide bonds. The topological polar surface area (TPSA) is 72.4 Å². The van der Waals surface area contributed by atoms with Crippen LogP contribution in [-0.4, -0.2) is 27.5 Å². The summed E-state index contributed by atoms with van der Waals surface area (Å²) in [5.41, 5.74) is 0. The van der Waals surface area contributed by atoms with Gasteiger partial charge in [0.1, 0.15) is 6.04 Å². The molecule has 0 unspecified atom stereocenters. The predicted octanol–water partition coefficient (Wildman–Crippen LogP) is 3.23. The maximum atomic E-state index is 12.6. The van der Waals surface area contributed by atoms with Gasteiger partial charge in [0.2, 0.25) is 5.89 Å². The predicted molar refractivity (Wildman–Crippen MR) is 79.2 cm³/mol. The molecule has 1 fully saturated rings. The minimum absolute atomic E-state index is 0.113. The number of likely N-dealkylation sites (tertiary alicyclic amines) is 1. The summed E-state index contributed by atoms with van der Waals surface area (Å²) in [6.07, 6.45) is 5.17. The molecule has 1 aliphatic rings. The van der Waals surface area contributed by atoms with Crippen LogP contribution in [0, 0.1) is 5.92 Å². The molecule has 0 saturated carbocycles. The first-order valence-electron chi connectivity index (χ1n) is 7.82. The highest BCUT2D eigenvalue weighted by atomic mass is 16.5. The Morgan fingerprint density at radius 1 is 1.45 bits per heavy atom. The lowest BCUT2D eigenvalue weighted by Crippen LogP contribution is -2.38. The fourth-order valence-electron chi connectivity index (χ4n) is 2.82. The zero-order valence-corrected chi connectivity index (χ0v) is 13.0. The van der Waals surface area contributed by atoms with Gasteiger partial charge in [-0.1, -0.05) is 19.0 Å². The highest BCUT2D eigenvalue weighted by Crippen LogP contribution is 2.31. The van der Waals surface area contributed by atoms with Crippen LogP contribution >= 0.6 is 0 Å². The summed E-state index contributed by atoms with van der Waals surface area (Å²) in [5, 5.41) is 4.04. The zero-order valence-electron chi connectivity index (χ0n) is 13.0. The quantitative estimate of drug-likeness (QED) is 0.867. The average molecular weight is 303 g/mol. The standard InChI is InChI=1S/C16H21N3O3/c1-11(2)10-14-17-15(22-18-14)12-6-3-4-8-19(12)16(20)13-7-5-9-21-13/h5,7,9,11-12H,3-4,6,8,10H2,1-2H3/t12-/m1/s1. The molecule has 6 nitrogen and oxygen atoms in total. The second-order valence-corrected chi connectivity index (χ2v) is 6.13. The molecule has 1 atom stereocenters. The van der Waals surface area contributed by atoms with Crippen LogP contribution < -0.4 is 0 Å². The van der Waals surface area contributed by atoms with E-state index in [1.54, 1.807) is 17.0 Å². The highest BCUT2D eigenvalue weighted by Gasteiger charge is 2.33. The number of carbonyl (C=O) groups is 1. The number of nitrogens with zero attached hydrogens (tertiary/aromatic N) is 3. The van der Waals surface area contributed by atoms with E-state index in [9.17, 15) is 4.79 Å². The van der Waals surface area contributed by atoms with Crippen molar-refractivity contribution in [2.45, 2.75) is 45.6 Å². The van der Waals surface area contributed by atoms with Crippen molar-refractivity contribution in [2.75, 3.05) is 6.54 Å². The Hall–Kier alpha value is -2.11. The molecule has 3 rings (SSSR count). The van der Waals surface area contributed by atoms with E-state index in [2.05, 4.69) is 24.0 Å². The van der Waals surface area contributed by atoms with Crippen LogP contribution in [-0.2, 0) is 6.42 Å². The molecule has 0 aliphatic carbocycles. The van der Waals surface area contributed by atoms with Gasteiger partial charge in [0.15, 0.2) is 11.6 Å². The largest absolute Gasteiger partial charge is 0.459 e. The normalized spacial score (nSPS) is 18.9. The molecule has 22 heavy (non-hydrogen) atoms. The van der Waals surface area contributed by atoms with Crippen LogP contribution in [0.1, 0.15) is 61.4 Å². The summed E-state index contributed by atoms with van der Waals surface area (Å²) in [5.74, 6) is 1.96. The van der Waals surface area contributed by atoms with Gasteiger partial charge in [-0.15, -0.1) is 0 Å². The Balaban J connectivity index is 1.80. The molecule has 0 radical (unpaired) electrons. The van der Waals surface area contributed by atoms with Gasteiger partial charge in [0, 0.05) is 13.0 Å². The minimum Gasteiger partial charge on any atom is -0.459 e. The Kier molecular flexibility index (Phi) is 4.27. The average Bonchev–Trinajstić information content (AvgIpc) is 3.17. The smallest absolute Gasteiger partial charge is 0.290 e. The Bertz CT molecular complexity index is 618. The van der Waals surface area contributed by atoms with E-state index in [1.165, 1.54) is 6.26 Å². The number of hydrogen-bond donors (Lipinski definition) is 0. The number of carbonyl (C=O) groups excluding carboxylic acids is 1. The van der Waals surface area contributed by atoms with Crippen molar-refractivity contribution in [2.24, 2.45) is 5.92 Å². The Labute approximate surface area is 129 Å². The molecular weight excluding hydrogens is 282 g/mol. The van der Waals surface area contributed by atoms with E-state index >= 15 is 0 Å². The summed E-state index contributed by atoms with van der Waals surface area (Å²) in [7, 11) is 0. The fourth-order valence-corrected chi connectivity index (χ4v) is 2.82. The van der Waals surface area contributed by atoms with Gasteiger partial charge in [0.05, 0.1) is 6.26 Å². The van der Waals surface area contributed by atoms with Crippen molar-refractivity contribution in [3.8, 4) is 0 Å². The second kappa shape index (κ2) is 6.34. The van der Waals surface area contributed by atoms with Gasteiger partial charge >= 0.3 is 0 Å². The fraction of sp³-hybridized carbons (Fsp3) is 0.562. The second-order valence-electron chi connectivity index (χ2n) is 6.13. The van der Waals surface area contributed by atoms with Gasteiger partial charge in [-0.25, -0.2) is 0 Å². The molecule has 1 aliphatic heterocycles. The number of piperidine rings is 1. The van der Waals surface area contributed by atoms with Gasteiger partial charge in [-0.3, -0.25) is 4.79 Å². The monoisotopic (exact) mass is 303 g/mol. The number of rotatable bonds is 4. The van der Waals surface area contributed by atoms with E-state index in [4.69, 9.17) is 8.94 Å². The summed E-state index contributed by atoms with van der Waals surface area (Å²) in [6.45, 7) is 4.92. The summed E-state index contributed by atoms with van der Waals surface area (Å²) >= 11 is 0. The highest BCUT2D eigenvalue weighted by molar-refractivity contribution is 5.91. The van der Waals surface area contributed by atoms with Gasteiger partial charge in [-0.2, -0.15) is 4.98 Å². The molecule has 0 N–H and O–H groups in total. The van der Waals surface area contributed by atoms with Crippen molar-refractivity contribution in [3.05, 3.63) is 35.9 Å². The summed E-state index contributed by atoms with van der Waals surface area (Å²) < 4.78 is 10.6. The maximum Gasteiger partial charge on any atom is 0.290 e. The zero-order chi connectivity index (χ0) is 15.5. The van der Waals surface area contributed by atoms with Crippen LogP contribution in [0.3, 0.4) is 0 Å². The molecule has 2 aromatic rings. The first kappa shape index (κ1) is 14.8. The van der Waals surface area contributed by atoms with E-state index in [1.807, 2.05) is 0 Å². The number of furan rings is 1. The third kappa shape index (κ3) is 3.05. The first-order valence-corrected chi connectivity index (χ1v) is 7.82. The third-order valence-corrected chi connectivity index (χ3v) is 3.86. The third-order valence-electron chi connectivity index (χ3n) is 3.86. The lowest BCUT2D eigenvalue weighted by Gasteiger charge is -2.32. The van der Waals surface area contributed by atoms with E-state index in [0.29, 0.717) is 29.9 Å². The molecule has 0 bridgehead atoms. The van der Waals surface area contributed by atoms with Crippen LogP contribution in [0.4, 0.5) is 0 Å². The van der Waals surface area contributed by atoms with Crippen LogP contribution in [0.5, 0.6) is 0 Å². The van der Waals surface area contributed by atoms with Gasteiger partial charge < -0.3 is 13.8 Å². The van der Waals surface area contributed by atoms with Crippen LogP contribution in [0.2, 0.25) is 0 Å². The van der Waals surface area contributed by atoms with Gasteiger partial charge in [0.25, 0.3) is 5.91 Å². The molecule has 3 heterocycles. The maximum absolute atomic E-state index is 12.6. The number of amides is 1. The Morgan fingerprint density at radius 3 is 3.05 bits per heavy atom. The van der Waals surface area contributed by atoms with Crippen molar-refractivity contribution in [1.29, 1.82) is 0 Å². The van der Waals surface area contributed by atoms with Crippen molar-refractivity contribution in [3.63, 3.8) is 0 Å². The van der Waals surface area contributed by atoms with Crippen LogP contribution in [0.25, 0.3) is 0 Å². The lowest BCUT2D eigenvalue weighted by molar-refractivity contribution is 0.0529. The summed E-state index contributed by atoms with van der Waals surface area (Å²) in [6, 6.07) is 3.26. The van der Waals surface area contributed by atoms with Gasteiger partial charge in [-0.05, 0) is 37.3 Å². The molecule has 0 aromatic carbocycles. The molecule has 118 valence electrons. The molecule has 0 spiro atoms. The van der Waals surface area contributed by atoms with E-state index < -0.39 is 0 Å². The lowest BCUT2D eigenvalue weighted by atomic mass is 10.0. The van der Waals surface area contributed by atoms with Crippen molar-refractivity contribution < 1.29 is 13.7 Å². The minimum atomic E-state index is -0.153. The van der Waals surface area contributed by atoms with Crippen LogP contribution in [0.15, 0.2) is 27.3 Å². The molecule has 2 aromatic heterocycles. The first-order chi connectivity index (χ1) is 10.6. The van der Waals surface area contributed by atoms with E-state index in [0.717, 1.165) is 25.7 Å². The molecular formula is C16H21N3O3. The Morgan fingerprint density at radius 2 is 2.32 bits per heavy atom. The number of aromatic nitrogens is 2. The van der Waals surface area contributed by atoms with E-state index in [-0.39, 0.29) is 11.9 Å². The van der Waals surface area contributed by atoms with Crippen molar-refractivity contribution in [1.82, 2.24) is 15.0 Å². The molecule has 6 heteroatoms. The van der Waals surface area contributed by atoms with Crippen molar-refractivity contribution >= 4 is 5.91 Å². The summed E-state index contributed by atoms with van der Waals surface area (Å²) in [4.78, 5) is 18.8. The number of hydrogen-bond acceptors (Lipinski definition) is 5. The SMILES string of the molecule is CC(C)Cc1noc([C@H]2CCCCN2C(=O)c2ccco2)n1.